The molecule has 1 saturated heterocycles. The van der Waals surface area contributed by atoms with Crippen LogP contribution in [0.3, 0.4) is 0 Å². The average Bonchev–Trinajstić information content (AvgIpc) is 2.64. The summed E-state index contributed by atoms with van der Waals surface area (Å²) in [7, 11) is 0. The van der Waals surface area contributed by atoms with Crippen molar-refractivity contribution in [3.05, 3.63) is 29.8 Å². The van der Waals surface area contributed by atoms with Crippen molar-refractivity contribution in [3.63, 3.8) is 0 Å². The van der Waals surface area contributed by atoms with Gasteiger partial charge in [0.1, 0.15) is 11.9 Å². The van der Waals surface area contributed by atoms with E-state index in [1.54, 1.807) is 0 Å². The molecule has 0 aromatic heterocycles. The van der Waals surface area contributed by atoms with Crippen molar-refractivity contribution in [2.24, 2.45) is 11.3 Å². The van der Waals surface area contributed by atoms with Crippen LogP contribution < -0.4 is 4.74 Å². The van der Waals surface area contributed by atoms with E-state index in [4.69, 9.17) is 4.74 Å². The van der Waals surface area contributed by atoms with E-state index in [2.05, 4.69) is 11.0 Å². The summed E-state index contributed by atoms with van der Waals surface area (Å²) in [6.45, 7) is 0.782. The van der Waals surface area contributed by atoms with Gasteiger partial charge in [-0.1, -0.05) is 18.2 Å². The maximum atomic E-state index is 12.8. The fourth-order valence-corrected chi connectivity index (χ4v) is 4.49. The maximum Gasteiger partial charge on any atom is 0.229 e. The molecule has 0 unspecified atom stereocenters. The first-order chi connectivity index (χ1) is 9.25. The van der Waals surface area contributed by atoms with E-state index in [-0.39, 0.29) is 17.6 Å². The van der Waals surface area contributed by atoms with Gasteiger partial charge >= 0.3 is 0 Å². The van der Waals surface area contributed by atoms with Crippen LogP contribution in [0.1, 0.15) is 37.3 Å². The lowest BCUT2D eigenvalue weighted by Gasteiger charge is -2.61. The van der Waals surface area contributed by atoms with Crippen LogP contribution in [0.15, 0.2) is 24.3 Å². The number of nitrogens with zero attached hydrogens (tertiary/aromatic N) is 1. The first kappa shape index (κ1) is 10.3. The summed E-state index contributed by atoms with van der Waals surface area (Å²) in [6.07, 6.45) is 4.60. The van der Waals surface area contributed by atoms with Crippen LogP contribution in [0.5, 0.6) is 5.75 Å². The second kappa shape index (κ2) is 3.14. The predicted octanol–water partition coefficient (Wildman–Crippen LogP) is 2.52. The van der Waals surface area contributed by atoms with Crippen LogP contribution >= 0.6 is 0 Å². The Morgan fingerprint density at radius 3 is 2.79 bits per heavy atom. The largest absolute Gasteiger partial charge is 0.488 e. The number of fused-ring (bicyclic) bond motifs is 4. The van der Waals surface area contributed by atoms with E-state index < -0.39 is 0 Å². The Morgan fingerprint density at radius 1 is 1.26 bits per heavy atom. The van der Waals surface area contributed by atoms with Gasteiger partial charge in [-0.2, -0.15) is 0 Å². The summed E-state index contributed by atoms with van der Waals surface area (Å²) in [5.74, 6) is 2.24. The summed E-state index contributed by atoms with van der Waals surface area (Å²) in [5, 5.41) is 0. The van der Waals surface area contributed by atoms with Gasteiger partial charge in [0.25, 0.3) is 0 Å². The first-order valence-electron chi connectivity index (χ1n) is 7.32. The molecule has 1 aromatic rings. The van der Waals surface area contributed by atoms with Gasteiger partial charge < -0.3 is 9.64 Å². The number of hydrogen-bond acceptors (Lipinski definition) is 2. The molecule has 6 rings (SSSR count). The van der Waals surface area contributed by atoms with Gasteiger partial charge in [-0.25, -0.2) is 0 Å². The Kier molecular flexibility index (Phi) is 1.70. The molecule has 98 valence electrons. The lowest BCUT2D eigenvalue weighted by atomic mass is 9.44. The van der Waals surface area contributed by atoms with Gasteiger partial charge in [-0.05, 0) is 31.2 Å². The van der Waals surface area contributed by atoms with Crippen molar-refractivity contribution in [1.82, 2.24) is 4.90 Å². The fraction of sp³-hybridized carbons (Fsp3) is 0.562. The number of benzene rings is 1. The molecule has 0 N–H and O–H groups in total. The molecule has 3 nitrogen and oxygen atoms in total. The zero-order valence-corrected chi connectivity index (χ0v) is 10.8. The molecule has 3 aliphatic carbocycles. The lowest BCUT2D eigenvalue weighted by Crippen LogP contribution is -2.61. The number of carbonyl (C=O) groups is 1. The summed E-state index contributed by atoms with van der Waals surface area (Å²) >= 11 is 0. The Morgan fingerprint density at radius 2 is 2.05 bits per heavy atom. The molecule has 2 heterocycles. The highest BCUT2D eigenvalue weighted by Gasteiger charge is 2.63. The van der Waals surface area contributed by atoms with Crippen LogP contribution in [0.2, 0.25) is 0 Å². The zero-order valence-electron chi connectivity index (χ0n) is 10.8. The third kappa shape index (κ3) is 1.17. The minimum atomic E-state index is 0.0388. The van der Waals surface area contributed by atoms with Crippen molar-refractivity contribution in [2.75, 3.05) is 6.54 Å². The Balaban J connectivity index is 1.51. The van der Waals surface area contributed by atoms with Gasteiger partial charge in [-0.3, -0.25) is 4.79 Å². The van der Waals surface area contributed by atoms with Crippen LogP contribution in [0.4, 0.5) is 0 Å². The van der Waals surface area contributed by atoms with E-state index in [9.17, 15) is 4.79 Å². The predicted molar refractivity (Wildman–Crippen MR) is 69.7 cm³/mol. The third-order valence-corrected chi connectivity index (χ3v) is 5.59. The molecule has 5 aliphatic rings. The van der Waals surface area contributed by atoms with Gasteiger partial charge in [0.05, 0.1) is 18.0 Å². The molecule has 2 aliphatic heterocycles. The number of rotatable bonds is 1. The van der Waals surface area contributed by atoms with E-state index in [1.807, 2.05) is 18.2 Å². The quantitative estimate of drug-likeness (QED) is 0.771. The van der Waals surface area contributed by atoms with Crippen LogP contribution in [0, 0.1) is 11.3 Å². The topological polar surface area (TPSA) is 29.5 Å². The van der Waals surface area contributed by atoms with Gasteiger partial charge in [0, 0.05) is 12.0 Å². The van der Waals surface area contributed by atoms with Crippen LogP contribution in [-0.4, -0.2) is 23.5 Å². The standard InChI is InChI=1S/C16H17NO2/c18-15(16-6-10(7-16)8-16)17-9-11-5-13(17)12-3-1-2-4-14(12)19-11/h1-4,10-11,13H,5-9H2/t10?,11-,13-,16?/m0/s1. The third-order valence-electron chi connectivity index (χ3n) is 5.59. The van der Waals surface area contributed by atoms with Crippen molar-refractivity contribution in [1.29, 1.82) is 0 Å². The molecule has 2 atom stereocenters. The number of amides is 1. The molecule has 0 spiro atoms. The second-order valence-corrected chi connectivity index (χ2v) is 6.75. The van der Waals surface area contributed by atoms with Crippen LogP contribution in [-0.2, 0) is 4.79 Å². The van der Waals surface area contributed by atoms with Gasteiger partial charge in [0.15, 0.2) is 0 Å². The molecule has 1 aromatic carbocycles. The number of likely N-dealkylation sites (tertiary alicyclic amines) is 1. The van der Waals surface area contributed by atoms with E-state index in [0.717, 1.165) is 43.9 Å². The minimum absolute atomic E-state index is 0.0388. The van der Waals surface area contributed by atoms with Gasteiger partial charge in [-0.15, -0.1) is 0 Å². The van der Waals surface area contributed by atoms with Crippen molar-refractivity contribution in [3.8, 4) is 5.75 Å². The summed E-state index contributed by atoms with van der Waals surface area (Å²) in [5.41, 5.74) is 1.24. The molecule has 3 saturated carbocycles. The molecule has 3 heteroatoms. The van der Waals surface area contributed by atoms with E-state index >= 15 is 0 Å². The highest BCUT2D eigenvalue weighted by Crippen LogP contribution is 2.66. The molecule has 19 heavy (non-hydrogen) atoms. The van der Waals surface area contributed by atoms with Gasteiger partial charge in [0.2, 0.25) is 5.91 Å². The molecule has 4 fully saturated rings. The average molecular weight is 255 g/mol. The molecular weight excluding hydrogens is 238 g/mol. The number of hydrogen-bond donors (Lipinski definition) is 0. The molecule has 1 amide bonds. The second-order valence-electron chi connectivity index (χ2n) is 6.75. The summed E-state index contributed by atoms with van der Waals surface area (Å²) in [6, 6.07) is 8.46. The minimum Gasteiger partial charge on any atom is -0.488 e. The maximum absolute atomic E-state index is 12.8. The fourth-order valence-electron chi connectivity index (χ4n) is 4.49. The van der Waals surface area contributed by atoms with Crippen molar-refractivity contribution < 1.29 is 9.53 Å². The summed E-state index contributed by atoms with van der Waals surface area (Å²) < 4.78 is 5.99. The smallest absolute Gasteiger partial charge is 0.229 e. The number of para-hydroxylation sites is 1. The monoisotopic (exact) mass is 255 g/mol. The highest BCUT2D eigenvalue weighted by atomic mass is 16.5. The molecule has 0 radical (unpaired) electrons. The zero-order chi connectivity index (χ0) is 12.6. The first-order valence-corrected chi connectivity index (χ1v) is 7.32. The van der Waals surface area contributed by atoms with Crippen LogP contribution in [0.25, 0.3) is 0 Å². The Labute approximate surface area is 112 Å². The van der Waals surface area contributed by atoms with Crippen molar-refractivity contribution >= 4 is 5.91 Å². The van der Waals surface area contributed by atoms with Crippen molar-refractivity contribution in [2.45, 2.75) is 37.8 Å². The molecular formula is C16H17NO2. The normalized spacial score (nSPS) is 40.8. The summed E-state index contributed by atoms with van der Waals surface area (Å²) in [4.78, 5) is 14.9. The molecule has 4 bridgehead atoms. The number of carbonyl (C=O) groups excluding carboxylic acids is 1. The SMILES string of the molecule is O=C(N1C[C@@H]2C[C@H]1c1ccccc1O2)C12CC(C1)C2. The van der Waals surface area contributed by atoms with E-state index in [1.165, 1.54) is 5.56 Å². The number of ether oxygens (including phenoxy) is 1. The Bertz CT molecular complexity index is 565. The van der Waals surface area contributed by atoms with E-state index in [0.29, 0.717) is 5.91 Å². The Hall–Kier alpha value is -1.51. The highest BCUT2D eigenvalue weighted by molar-refractivity contribution is 5.86. The lowest BCUT2D eigenvalue weighted by molar-refractivity contribution is -0.178.